The second-order valence-electron chi connectivity index (χ2n) is 4.33. The zero-order chi connectivity index (χ0) is 11.6. The highest BCUT2D eigenvalue weighted by molar-refractivity contribution is 5.20. The van der Waals surface area contributed by atoms with Crippen LogP contribution in [0.25, 0.3) is 0 Å². The predicted octanol–water partition coefficient (Wildman–Crippen LogP) is 3.23. The molecule has 0 saturated carbocycles. The third-order valence-electron chi connectivity index (χ3n) is 2.39. The van der Waals surface area contributed by atoms with Gasteiger partial charge >= 0.3 is 0 Å². The summed E-state index contributed by atoms with van der Waals surface area (Å²) in [4.78, 5) is 0. The zero-order valence-electron chi connectivity index (χ0n) is 10.4. The van der Waals surface area contributed by atoms with Gasteiger partial charge in [-0.1, -0.05) is 32.0 Å². The van der Waals surface area contributed by atoms with Gasteiger partial charge in [-0.15, -0.1) is 0 Å². The first-order valence-electron chi connectivity index (χ1n) is 6.20. The Labute approximate surface area is 99.0 Å². The van der Waals surface area contributed by atoms with Gasteiger partial charge in [0.25, 0.3) is 0 Å². The molecule has 90 valence electrons. The van der Waals surface area contributed by atoms with Gasteiger partial charge in [0, 0.05) is 6.04 Å². The molecule has 16 heavy (non-hydrogen) atoms. The van der Waals surface area contributed by atoms with Crippen molar-refractivity contribution in [3.05, 3.63) is 30.3 Å². The van der Waals surface area contributed by atoms with Crippen LogP contribution in [0.15, 0.2) is 30.3 Å². The maximum atomic E-state index is 5.61. The van der Waals surface area contributed by atoms with E-state index in [-0.39, 0.29) is 0 Å². The molecule has 0 heterocycles. The van der Waals surface area contributed by atoms with Crippen molar-refractivity contribution in [1.82, 2.24) is 5.32 Å². The van der Waals surface area contributed by atoms with E-state index in [1.165, 1.54) is 12.8 Å². The van der Waals surface area contributed by atoms with E-state index in [0.29, 0.717) is 6.04 Å². The number of nitrogens with one attached hydrogen (secondary N) is 1. The van der Waals surface area contributed by atoms with Crippen LogP contribution in [-0.4, -0.2) is 19.2 Å². The first-order chi connectivity index (χ1) is 7.79. The second kappa shape index (κ2) is 8.17. The third-order valence-corrected chi connectivity index (χ3v) is 2.39. The number of unbranched alkanes of at least 4 members (excludes halogenated alkanes) is 2. The quantitative estimate of drug-likeness (QED) is 0.680. The van der Waals surface area contributed by atoms with Crippen LogP contribution < -0.4 is 10.1 Å². The van der Waals surface area contributed by atoms with Crippen LogP contribution in [-0.2, 0) is 0 Å². The smallest absolute Gasteiger partial charge is 0.119 e. The third kappa shape index (κ3) is 6.46. The van der Waals surface area contributed by atoms with E-state index in [1.54, 1.807) is 0 Å². The van der Waals surface area contributed by atoms with Gasteiger partial charge in [0.15, 0.2) is 0 Å². The monoisotopic (exact) mass is 221 g/mol. The van der Waals surface area contributed by atoms with Crippen LogP contribution in [0.4, 0.5) is 0 Å². The molecular formula is C14H23NO. The minimum absolute atomic E-state index is 0.598. The summed E-state index contributed by atoms with van der Waals surface area (Å²) < 4.78 is 5.61. The molecule has 0 saturated heterocycles. The first kappa shape index (κ1) is 13.0. The highest BCUT2D eigenvalue weighted by atomic mass is 16.5. The zero-order valence-corrected chi connectivity index (χ0v) is 10.4. The summed E-state index contributed by atoms with van der Waals surface area (Å²) in [5, 5.41) is 3.41. The molecule has 0 aliphatic heterocycles. The lowest BCUT2D eigenvalue weighted by atomic mass is 10.2. The van der Waals surface area contributed by atoms with Crippen LogP contribution in [0, 0.1) is 0 Å². The van der Waals surface area contributed by atoms with Gasteiger partial charge in [-0.3, -0.25) is 0 Å². The topological polar surface area (TPSA) is 21.3 Å². The van der Waals surface area contributed by atoms with Crippen molar-refractivity contribution in [3.8, 4) is 5.75 Å². The fourth-order valence-electron chi connectivity index (χ4n) is 1.50. The number of ether oxygens (including phenoxy) is 1. The Bertz CT molecular complexity index is 259. The standard InChI is InChI=1S/C14H23NO/c1-13(2)15-11-7-4-8-12-16-14-9-5-3-6-10-14/h3,5-6,9-10,13,15H,4,7-8,11-12H2,1-2H3. The van der Waals surface area contributed by atoms with Crippen LogP contribution >= 0.6 is 0 Å². The van der Waals surface area contributed by atoms with Crippen molar-refractivity contribution in [2.45, 2.75) is 39.2 Å². The summed E-state index contributed by atoms with van der Waals surface area (Å²) >= 11 is 0. The molecule has 0 aliphatic carbocycles. The summed E-state index contributed by atoms with van der Waals surface area (Å²) in [5.41, 5.74) is 0. The Balaban J connectivity index is 1.93. The molecule has 2 heteroatoms. The molecule has 0 amide bonds. The summed E-state index contributed by atoms with van der Waals surface area (Å²) in [6.07, 6.45) is 3.59. The number of rotatable bonds is 8. The minimum Gasteiger partial charge on any atom is -0.494 e. The van der Waals surface area contributed by atoms with E-state index in [2.05, 4.69) is 19.2 Å². The summed E-state index contributed by atoms with van der Waals surface area (Å²) in [7, 11) is 0. The van der Waals surface area contributed by atoms with Gasteiger partial charge in [-0.2, -0.15) is 0 Å². The highest BCUT2D eigenvalue weighted by Crippen LogP contribution is 2.09. The van der Waals surface area contributed by atoms with Crippen LogP contribution in [0.2, 0.25) is 0 Å². The molecule has 1 N–H and O–H groups in total. The summed E-state index contributed by atoms with van der Waals surface area (Å²) in [6.45, 7) is 6.30. The van der Waals surface area contributed by atoms with Crippen LogP contribution in [0.3, 0.4) is 0 Å². The average Bonchev–Trinajstić information content (AvgIpc) is 2.29. The fraction of sp³-hybridized carbons (Fsp3) is 0.571. The second-order valence-corrected chi connectivity index (χ2v) is 4.33. The van der Waals surface area contributed by atoms with E-state index in [9.17, 15) is 0 Å². The normalized spacial score (nSPS) is 10.7. The number of hydrogen-bond acceptors (Lipinski definition) is 2. The maximum Gasteiger partial charge on any atom is 0.119 e. The Kier molecular flexibility index (Phi) is 6.66. The molecule has 0 aliphatic rings. The number of hydrogen-bond donors (Lipinski definition) is 1. The van der Waals surface area contributed by atoms with Crippen molar-refractivity contribution >= 4 is 0 Å². The number of para-hydroxylation sites is 1. The lowest BCUT2D eigenvalue weighted by Crippen LogP contribution is -2.23. The molecule has 0 spiro atoms. The van der Waals surface area contributed by atoms with E-state index in [4.69, 9.17) is 4.74 Å². The van der Waals surface area contributed by atoms with Gasteiger partial charge in [0.2, 0.25) is 0 Å². The molecule has 0 fully saturated rings. The van der Waals surface area contributed by atoms with Crippen LogP contribution in [0.1, 0.15) is 33.1 Å². The van der Waals surface area contributed by atoms with Crippen molar-refractivity contribution in [1.29, 1.82) is 0 Å². The van der Waals surface area contributed by atoms with Crippen molar-refractivity contribution in [2.24, 2.45) is 0 Å². The Morgan fingerprint density at radius 3 is 2.50 bits per heavy atom. The first-order valence-corrected chi connectivity index (χ1v) is 6.20. The van der Waals surface area contributed by atoms with Gasteiger partial charge in [0.05, 0.1) is 6.61 Å². The van der Waals surface area contributed by atoms with E-state index in [1.807, 2.05) is 30.3 Å². The van der Waals surface area contributed by atoms with E-state index < -0.39 is 0 Å². The number of benzene rings is 1. The minimum atomic E-state index is 0.598. The maximum absolute atomic E-state index is 5.61. The average molecular weight is 221 g/mol. The molecule has 1 rings (SSSR count). The Hall–Kier alpha value is -1.02. The molecule has 0 unspecified atom stereocenters. The van der Waals surface area contributed by atoms with Crippen molar-refractivity contribution in [3.63, 3.8) is 0 Å². The van der Waals surface area contributed by atoms with Crippen molar-refractivity contribution in [2.75, 3.05) is 13.2 Å². The summed E-state index contributed by atoms with van der Waals surface area (Å²) in [5.74, 6) is 0.975. The molecule has 0 atom stereocenters. The van der Waals surface area contributed by atoms with Gasteiger partial charge in [-0.05, 0) is 37.9 Å². The lowest BCUT2D eigenvalue weighted by molar-refractivity contribution is 0.304. The Morgan fingerprint density at radius 2 is 1.81 bits per heavy atom. The molecule has 0 aromatic heterocycles. The molecule has 0 bridgehead atoms. The molecular weight excluding hydrogens is 198 g/mol. The van der Waals surface area contributed by atoms with Gasteiger partial charge in [0.1, 0.15) is 5.75 Å². The van der Waals surface area contributed by atoms with E-state index in [0.717, 1.165) is 25.3 Å². The predicted molar refractivity (Wildman–Crippen MR) is 68.9 cm³/mol. The molecule has 1 aromatic rings. The Morgan fingerprint density at radius 1 is 1.06 bits per heavy atom. The molecule has 0 radical (unpaired) electrons. The molecule has 1 aromatic carbocycles. The fourth-order valence-corrected chi connectivity index (χ4v) is 1.50. The highest BCUT2D eigenvalue weighted by Gasteiger charge is 1.94. The van der Waals surface area contributed by atoms with Crippen molar-refractivity contribution < 1.29 is 4.74 Å². The van der Waals surface area contributed by atoms with E-state index >= 15 is 0 Å². The SMILES string of the molecule is CC(C)NCCCCCOc1ccccc1. The molecule has 2 nitrogen and oxygen atoms in total. The summed E-state index contributed by atoms with van der Waals surface area (Å²) in [6, 6.07) is 10.6. The largest absolute Gasteiger partial charge is 0.494 e. The van der Waals surface area contributed by atoms with Gasteiger partial charge in [-0.25, -0.2) is 0 Å². The lowest BCUT2D eigenvalue weighted by Gasteiger charge is -2.08. The van der Waals surface area contributed by atoms with Gasteiger partial charge < -0.3 is 10.1 Å². The van der Waals surface area contributed by atoms with Crippen LogP contribution in [0.5, 0.6) is 5.75 Å².